The zero-order valence-electron chi connectivity index (χ0n) is 9.36. The second kappa shape index (κ2) is 5.50. The van der Waals surface area contributed by atoms with Crippen molar-refractivity contribution in [2.75, 3.05) is 27.2 Å². The lowest BCUT2D eigenvalue weighted by atomic mass is 10.3. The molecule has 0 N–H and O–H groups in total. The van der Waals surface area contributed by atoms with Gasteiger partial charge in [-0.25, -0.2) is 4.79 Å². The van der Waals surface area contributed by atoms with Crippen LogP contribution in [0.1, 0.15) is 6.92 Å². The van der Waals surface area contributed by atoms with Crippen LogP contribution < -0.4 is 5.11 Å². The van der Waals surface area contributed by atoms with E-state index < -0.39 is 11.9 Å². The van der Waals surface area contributed by atoms with Crippen molar-refractivity contribution in [3.63, 3.8) is 0 Å². The molecule has 0 rings (SSSR count). The highest BCUT2D eigenvalue weighted by molar-refractivity contribution is 5.81. The molecule has 0 aliphatic carbocycles. The summed E-state index contributed by atoms with van der Waals surface area (Å²) >= 11 is 0. The van der Waals surface area contributed by atoms with Crippen LogP contribution in [0.5, 0.6) is 0 Å². The van der Waals surface area contributed by atoms with Crippen LogP contribution in [-0.2, 0) is 14.3 Å². The molecule has 0 fully saturated rings. The van der Waals surface area contributed by atoms with E-state index in [1.807, 2.05) is 0 Å². The number of aliphatic carboxylic acids is 1. The van der Waals surface area contributed by atoms with Crippen molar-refractivity contribution in [2.45, 2.75) is 13.0 Å². The number of carboxylic acid groups (broad SMARTS) is 1. The van der Waals surface area contributed by atoms with Crippen LogP contribution in [0.4, 0.5) is 0 Å². The first-order valence-electron chi connectivity index (χ1n) is 4.62. The SMILES string of the molecule is C=CC(=O)OC(C)C[N+](C)(C)CC(=O)[O-]. The summed E-state index contributed by atoms with van der Waals surface area (Å²) in [6, 6.07) is 0. The maximum Gasteiger partial charge on any atom is 0.330 e. The third-order valence-corrected chi connectivity index (χ3v) is 1.79. The van der Waals surface area contributed by atoms with Crippen LogP contribution in [0.3, 0.4) is 0 Å². The van der Waals surface area contributed by atoms with Gasteiger partial charge in [0.25, 0.3) is 0 Å². The zero-order chi connectivity index (χ0) is 12.1. The first-order chi connectivity index (χ1) is 6.76. The molecule has 0 aromatic carbocycles. The number of carboxylic acids is 1. The standard InChI is InChI=1S/C10H17NO4/c1-5-10(14)15-8(2)6-11(3,4)7-9(12)13/h5,8H,1,6-7H2,2-4H3. The van der Waals surface area contributed by atoms with E-state index in [1.54, 1.807) is 21.0 Å². The highest BCUT2D eigenvalue weighted by Gasteiger charge is 2.21. The first-order valence-corrected chi connectivity index (χ1v) is 4.62. The van der Waals surface area contributed by atoms with Crippen LogP contribution >= 0.6 is 0 Å². The lowest BCUT2D eigenvalue weighted by Gasteiger charge is -2.32. The molecular formula is C10H17NO4. The van der Waals surface area contributed by atoms with Gasteiger partial charge in [-0.1, -0.05) is 6.58 Å². The molecule has 0 bridgehead atoms. The minimum absolute atomic E-state index is 0.115. The van der Waals surface area contributed by atoms with E-state index in [9.17, 15) is 14.7 Å². The second-order valence-corrected chi connectivity index (χ2v) is 4.10. The molecule has 0 radical (unpaired) electrons. The van der Waals surface area contributed by atoms with Crippen molar-refractivity contribution in [2.24, 2.45) is 0 Å². The number of carbonyl (C=O) groups excluding carboxylic acids is 2. The van der Waals surface area contributed by atoms with Gasteiger partial charge in [-0.15, -0.1) is 0 Å². The largest absolute Gasteiger partial charge is 0.544 e. The average Bonchev–Trinajstić information content (AvgIpc) is 1.99. The Kier molecular flexibility index (Phi) is 5.00. The summed E-state index contributed by atoms with van der Waals surface area (Å²) in [6.07, 6.45) is 0.722. The Hall–Kier alpha value is -1.36. The first kappa shape index (κ1) is 13.6. The van der Waals surface area contributed by atoms with Gasteiger partial charge in [-0.3, -0.25) is 0 Å². The van der Waals surface area contributed by atoms with E-state index in [1.165, 1.54) is 0 Å². The summed E-state index contributed by atoms with van der Waals surface area (Å²) in [5.74, 6) is -1.63. The summed E-state index contributed by atoms with van der Waals surface area (Å²) in [4.78, 5) is 21.3. The molecule has 1 atom stereocenters. The molecule has 0 aliphatic heterocycles. The fraction of sp³-hybridized carbons (Fsp3) is 0.600. The van der Waals surface area contributed by atoms with E-state index in [2.05, 4.69) is 6.58 Å². The summed E-state index contributed by atoms with van der Waals surface area (Å²) in [5.41, 5.74) is 0. The Labute approximate surface area is 89.5 Å². The van der Waals surface area contributed by atoms with E-state index in [0.717, 1.165) is 6.08 Å². The molecule has 0 aliphatic rings. The third-order valence-electron chi connectivity index (χ3n) is 1.79. The van der Waals surface area contributed by atoms with Crippen LogP contribution in [0.2, 0.25) is 0 Å². The minimum atomic E-state index is -1.12. The van der Waals surface area contributed by atoms with Crippen molar-refractivity contribution < 1.29 is 23.9 Å². The Morgan fingerprint density at radius 3 is 2.47 bits per heavy atom. The van der Waals surface area contributed by atoms with Gasteiger partial charge in [-0.2, -0.15) is 0 Å². The van der Waals surface area contributed by atoms with E-state index in [-0.39, 0.29) is 17.1 Å². The van der Waals surface area contributed by atoms with Crippen molar-refractivity contribution in [1.29, 1.82) is 0 Å². The maximum absolute atomic E-state index is 10.9. The number of nitrogens with zero attached hydrogens (tertiary/aromatic N) is 1. The van der Waals surface area contributed by atoms with Crippen LogP contribution in [-0.4, -0.2) is 49.7 Å². The quantitative estimate of drug-likeness (QED) is 0.321. The smallest absolute Gasteiger partial charge is 0.330 e. The maximum atomic E-state index is 10.9. The Morgan fingerprint density at radius 2 is 2.07 bits per heavy atom. The van der Waals surface area contributed by atoms with Crippen molar-refractivity contribution >= 4 is 11.9 Å². The van der Waals surface area contributed by atoms with Crippen molar-refractivity contribution in [3.8, 4) is 0 Å². The van der Waals surface area contributed by atoms with Gasteiger partial charge >= 0.3 is 5.97 Å². The molecule has 0 saturated carbocycles. The van der Waals surface area contributed by atoms with Crippen LogP contribution in [0.15, 0.2) is 12.7 Å². The number of rotatable bonds is 6. The predicted molar refractivity (Wildman–Crippen MR) is 52.6 cm³/mol. The fourth-order valence-corrected chi connectivity index (χ4v) is 1.39. The second-order valence-electron chi connectivity index (χ2n) is 4.10. The summed E-state index contributed by atoms with van der Waals surface area (Å²) < 4.78 is 5.13. The van der Waals surface area contributed by atoms with Gasteiger partial charge in [0.1, 0.15) is 19.2 Å². The molecule has 0 saturated heterocycles. The van der Waals surface area contributed by atoms with Crippen molar-refractivity contribution in [3.05, 3.63) is 12.7 Å². The minimum Gasteiger partial charge on any atom is -0.544 e. The van der Waals surface area contributed by atoms with E-state index >= 15 is 0 Å². The molecule has 1 unspecified atom stereocenters. The van der Waals surface area contributed by atoms with Gasteiger partial charge in [0.05, 0.1) is 20.1 Å². The van der Waals surface area contributed by atoms with Gasteiger partial charge in [0.2, 0.25) is 0 Å². The zero-order valence-corrected chi connectivity index (χ0v) is 9.36. The molecule has 5 nitrogen and oxygen atoms in total. The molecule has 15 heavy (non-hydrogen) atoms. The lowest BCUT2D eigenvalue weighted by Crippen LogP contribution is -2.51. The van der Waals surface area contributed by atoms with Gasteiger partial charge < -0.3 is 19.1 Å². The highest BCUT2D eigenvalue weighted by atomic mass is 16.5. The number of ether oxygens (including phenoxy) is 1. The number of hydrogen-bond acceptors (Lipinski definition) is 4. The molecule has 86 valence electrons. The number of likely N-dealkylation sites (N-methyl/N-ethyl adjacent to an activating group) is 1. The monoisotopic (exact) mass is 215 g/mol. The normalized spacial score (nSPS) is 13.0. The summed E-state index contributed by atoms with van der Waals surface area (Å²) in [6.45, 7) is 5.27. The Morgan fingerprint density at radius 1 is 1.53 bits per heavy atom. The molecular weight excluding hydrogens is 198 g/mol. The topological polar surface area (TPSA) is 66.4 Å². The van der Waals surface area contributed by atoms with E-state index in [4.69, 9.17) is 4.74 Å². The number of quaternary nitrogens is 1. The van der Waals surface area contributed by atoms with Gasteiger partial charge in [0.15, 0.2) is 0 Å². The van der Waals surface area contributed by atoms with Crippen LogP contribution in [0, 0.1) is 0 Å². The van der Waals surface area contributed by atoms with Crippen LogP contribution in [0.25, 0.3) is 0 Å². The van der Waals surface area contributed by atoms with Gasteiger partial charge in [-0.05, 0) is 6.92 Å². The molecule has 0 heterocycles. The van der Waals surface area contributed by atoms with E-state index in [0.29, 0.717) is 6.54 Å². The third kappa shape index (κ3) is 6.68. The lowest BCUT2D eigenvalue weighted by molar-refractivity contribution is -0.887. The number of esters is 1. The molecule has 5 heteroatoms. The Bertz CT molecular complexity index is 260. The highest BCUT2D eigenvalue weighted by Crippen LogP contribution is 2.02. The molecule has 0 amide bonds. The molecule has 0 aromatic rings. The number of carbonyl (C=O) groups is 2. The summed E-state index contributed by atoms with van der Waals surface area (Å²) in [7, 11) is 3.46. The van der Waals surface area contributed by atoms with Gasteiger partial charge in [0, 0.05) is 6.08 Å². The summed E-state index contributed by atoms with van der Waals surface area (Å²) in [5, 5.41) is 10.4. The average molecular weight is 215 g/mol. The predicted octanol–water partition coefficient (Wildman–Crippen LogP) is -1.07. The number of hydrogen-bond donors (Lipinski definition) is 0. The fourth-order valence-electron chi connectivity index (χ4n) is 1.39. The molecule has 0 spiro atoms. The molecule has 0 aromatic heterocycles. The Balaban J connectivity index is 4.14. The van der Waals surface area contributed by atoms with Crippen molar-refractivity contribution in [1.82, 2.24) is 0 Å².